The molecule has 0 spiro atoms. The van der Waals surface area contributed by atoms with E-state index in [2.05, 4.69) is 15.6 Å². The number of rotatable bonds is 6. The zero-order valence-electron chi connectivity index (χ0n) is 14.5. The predicted octanol–water partition coefficient (Wildman–Crippen LogP) is 3.51. The third-order valence-electron chi connectivity index (χ3n) is 4.63. The summed E-state index contributed by atoms with van der Waals surface area (Å²) >= 11 is 1.55. The summed E-state index contributed by atoms with van der Waals surface area (Å²) in [4.78, 5) is 17.2. The minimum atomic E-state index is -1.01. The third-order valence-corrected chi connectivity index (χ3v) is 5.31. The normalized spacial score (nSPS) is 16.2. The second-order valence-electron chi connectivity index (χ2n) is 6.96. The van der Waals surface area contributed by atoms with E-state index in [1.54, 1.807) is 24.3 Å². The van der Waals surface area contributed by atoms with Crippen LogP contribution in [0.1, 0.15) is 35.7 Å². The first-order valence-electron chi connectivity index (χ1n) is 8.72. The second kappa shape index (κ2) is 6.70. The summed E-state index contributed by atoms with van der Waals surface area (Å²) in [6.07, 6.45) is 2.09. The molecule has 1 aromatic carbocycles. The number of fused-ring (bicyclic) bond motifs is 1. The van der Waals surface area contributed by atoms with Crippen LogP contribution in [-0.2, 0) is 5.60 Å². The zero-order valence-corrected chi connectivity index (χ0v) is 15.3. The van der Waals surface area contributed by atoms with Gasteiger partial charge in [0, 0.05) is 18.0 Å². The molecule has 1 saturated carbocycles. The summed E-state index contributed by atoms with van der Waals surface area (Å²) in [5.41, 5.74) is 1.22. The number of para-hydroxylation sites is 1. The SMILES string of the molecule is CC(O)(CNc1cc(C(=O)NC2CC2)c2ccccc2n1)c1ccsc1. The molecule has 1 atom stereocenters. The molecule has 1 aliphatic rings. The van der Waals surface area contributed by atoms with Crippen LogP contribution in [0.2, 0.25) is 0 Å². The molecule has 3 N–H and O–H groups in total. The Morgan fingerprint density at radius 2 is 2.15 bits per heavy atom. The minimum Gasteiger partial charge on any atom is -0.384 e. The van der Waals surface area contributed by atoms with Crippen LogP contribution in [0, 0.1) is 0 Å². The highest BCUT2D eigenvalue weighted by Crippen LogP contribution is 2.26. The van der Waals surface area contributed by atoms with Crippen molar-refractivity contribution in [1.82, 2.24) is 10.3 Å². The summed E-state index contributed by atoms with van der Waals surface area (Å²) in [5, 5.41) is 21.6. The first-order chi connectivity index (χ1) is 12.5. The van der Waals surface area contributed by atoms with Crippen LogP contribution in [-0.4, -0.2) is 28.6 Å². The fraction of sp³-hybridized carbons (Fsp3) is 0.300. The highest BCUT2D eigenvalue weighted by atomic mass is 32.1. The molecule has 2 heterocycles. The standard InChI is InChI=1S/C20H21N3O2S/c1-20(25,13-8-9-26-11-13)12-21-18-10-16(19(24)22-14-6-7-14)15-4-2-3-5-17(15)23-18/h2-5,8-11,14,25H,6-7,12H2,1H3,(H,21,23)(H,22,24). The smallest absolute Gasteiger partial charge is 0.252 e. The predicted molar refractivity (Wildman–Crippen MR) is 105 cm³/mol. The highest BCUT2D eigenvalue weighted by Gasteiger charge is 2.26. The average molecular weight is 367 g/mol. The lowest BCUT2D eigenvalue weighted by Gasteiger charge is -2.23. The number of nitrogens with one attached hydrogen (secondary N) is 2. The maximum atomic E-state index is 12.6. The van der Waals surface area contributed by atoms with Crippen LogP contribution in [0.25, 0.3) is 10.9 Å². The van der Waals surface area contributed by atoms with Gasteiger partial charge in [-0.3, -0.25) is 4.79 Å². The number of thiophene rings is 1. The number of benzene rings is 1. The first-order valence-corrected chi connectivity index (χ1v) is 9.67. The van der Waals surface area contributed by atoms with Crippen LogP contribution in [0.3, 0.4) is 0 Å². The van der Waals surface area contributed by atoms with Crippen molar-refractivity contribution >= 4 is 34.0 Å². The van der Waals surface area contributed by atoms with E-state index >= 15 is 0 Å². The molecular formula is C20H21N3O2S. The molecule has 26 heavy (non-hydrogen) atoms. The Kier molecular flexibility index (Phi) is 4.38. The molecule has 0 radical (unpaired) electrons. The summed E-state index contributed by atoms with van der Waals surface area (Å²) in [6, 6.07) is 11.6. The van der Waals surface area contributed by atoms with Crippen LogP contribution in [0.15, 0.2) is 47.2 Å². The van der Waals surface area contributed by atoms with Crippen LogP contribution in [0.4, 0.5) is 5.82 Å². The summed E-state index contributed by atoms with van der Waals surface area (Å²) in [7, 11) is 0. The zero-order chi connectivity index (χ0) is 18.1. The van der Waals surface area contributed by atoms with Gasteiger partial charge in [0.2, 0.25) is 0 Å². The van der Waals surface area contributed by atoms with E-state index in [1.807, 2.05) is 41.1 Å². The molecule has 6 heteroatoms. The van der Waals surface area contributed by atoms with Crippen LogP contribution >= 0.6 is 11.3 Å². The van der Waals surface area contributed by atoms with Crippen molar-refractivity contribution in [2.75, 3.05) is 11.9 Å². The van der Waals surface area contributed by atoms with E-state index in [4.69, 9.17) is 0 Å². The molecule has 1 aliphatic carbocycles. The Labute approximate surface area is 156 Å². The van der Waals surface area contributed by atoms with Gasteiger partial charge in [0.05, 0.1) is 11.1 Å². The van der Waals surface area contributed by atoms with Gasteiger partial charge in [0.25, 0.3) is 5.91 Å². The number of carbonyl (C=O) groups is 1. The molecular weight excluding hydrogens is 346 g/mol. The molecule has 1 fully saturated rings. The van der Waals surface area contributed by atoms with E-state index in [0.717, 1.165) is 29.3 Å². The van der Waals surface area contributed by atoms with Crippen molar-refractivity contribution in [1.29, 1.82) is 0 Å². The molecule has 3 aromatic rings. The number of carbonyl (C=O) groups excluding carboxylic acids is 1. The quantitative estimate of drug-likeness (QED) is 0.623. The molecule has 134 valence electrons. The van der Waals surface area contributed by atoms with Crippen molar-refractivity contribution in [3.05, 3.63) is 58.3 Å². The number of hydrogen-bond donors (Lipinski definition) is 3. The number of aromatic nitrogens is 1. The van der Waals surface area contributed by atoms with Gasteiger partial charge in [0.15, 0.2) is 0 Å². The summed E-state index contributed by atoms with van der Waals surface area (Å²) < 4.78 is 0. The van der Waals surface area contributed by atoms with Gasteiger partial charge in [0.1, 0.15) is 11.4 Å². The Balaban J connectivity index is 1.61. The lowest BCUT2D eigenvalue weighted by Crippen LogP contribution is -2.30. The van der Waals surface area contributed by atoms with Gasteiger partial charge in [-0.15, -0.1) is 0 Å². The maximum absolute atomic E-state index is 12.6. The number of anilines is 1. The van der Waals surface area contributed by atoms with Crippen molar-refractivity contribution in [2.45, 2.75) is 31.4 Å². The molecule has 0 saturated heterocycles. The molecule has 4 rings (SSSR count). The molecule has 0 aliphatic heterocycles. The first kappa shape index (κ1) is 17.0. The largest absolute Gasteiger partial charge is 0.384 e. The summed E-state index contributed by atoms with van der Waals surface area (Å²) in [6.45, 7) is 2.07. The second-order valence-corrected chi connectivity index (χ2v) is 7.74. The van der Waals surface area contributed by atoms with E-state index in [0.29, 0.717) is 24.0 Å². The Morgan fingerprint density at radius 1 is 1.35 bits per heavy atom. The number of nitrogens with zero attached hydrogens (tertiary/aromatic N) is 1. The van der Waals surface area contributed by atoms with E-state index in [-0.39, 0.29) is 5.91 Å². The van der Waals surface area contributed by atoms with Crippen molar-refractivity contribution < 1.29 is 9.90 Å². The van der Waals surface area contributed by atoms with Crippen molar-refractivity contribution in [3.63, 3.8) is 0 Å². The van der Waals surface area contributed by atoms with E-state index in [1.165, 1.54) is 0 Å². The average Bonchev–Trinajstić information content (AvgIpc) is 3.26. The number of hydrogen-bond acceptors (Lipinski definition) is 5. The van der Waals surface area contributed by atoms with Gasteiger partial charge in [-0.05, 0) is 54.3 Å². The fourth-order valence-corrected chi connectivity index (χ4v) is 3.66. The lowest BCUT2D eigenvalue weighted by molar-refractivity contribution is 0.0719. The van der Waals surface area contributed by atoms with Gasteiger partial charge >= 0.3 is 0 Å². The number of amides is 1. The maximum Gasteiger partial charge on any atom is 0.252 e. The van der Waals surface area contributed by atoms with Gasteiger partial charge in [-0.1, -0.05) is 18.2 Å². The molecule has 0 bridgehead atoms. The molecule has 1 unspecified atom stereocenters. The minimum absolute atomic E-state index is 0.0706. The fourth-order valence-electron chi connectivity index (χ4n) is 2.88. The third kappa shape index (κ3) is 3.57. The number of pyridine rings is 1. The van der Waals surface area contributed by atoms with E-state index in [9.17, 15) is 9.90 Å². The van der Waals surface area contributed by atoms with E-state index < -0.39 is 5.60 Å². The van der Waals surface area contributed by atoms with Crippen LogP contribution in [0.5, 0.6) is 0 Å². The van der Waals surface area contributed by atoms with Gasteiger partial charge in [-0.2, -0.15) is 11.3 Å². The number of aliphatic hydroxyl groups is 1. The van der Waals surface area contributed by atoms with Gasteiger partial charge < -0.3 is 15.7 Å². The lowest BCUT2D eigenvalue weighted by atomic mass is 9.99. The topological polar surface area (TPSA) is 74.2 Å². The Hall–Kier alpha value is -2.44. The molecule has 2 aromatic heterocycles. The summed E-state index contributed by atoms with van der Waals surface area (Å²) in [5.74, 6) is 0.513. The Morgan fingerprint density at radius 3 is 2.88 bits per heavy atom. The molecule has 1 amide bonds. The molecule has 5 nitrogen and oxygen atoms in total. The monoisotopic (exact) mass is 367 g/mol. The Bertz CT molecular complexity index is 933. The van der Waals surface area contributed by atoms with Crippen molar-refractivity contribution in [2.24, 2.45) is 0 Å². The van der Waals surface area contributed by atoms with Gasteiger partial charge in [-0.25, -0.2) is 4.98 Å². The van der Waals surface area contributed by atoms with Crippen LogP contribution < -0.4 is 10.6 Å². The highest BCUT2D eigenvalue weighted by molar-refractivity contribution is 7.08. The van der Waals surface area contributed by atoms with Crippen molar-refractivity contribution in [3.8, 4) is 0 Å².